The van der Waals surface area contributed by atoms with Gasteiger partial charge in [0.1, 0.15) is 5.75 Å². The molecule has 2 rings (SSSR count). The first-order valence-electron chi connectivity index (χ1n) is 8.92. The molecule has 0 saturated carbocycles. The molecule has 0 bridgehead atoms. The van der Waals surface area contributed by atoms with Crippen LogP contribution in [0.1, 0.15) is 29.4 Å². The largest absolute Gasteiger partial charge is 0.484 e. The van der Waals surface area contributed by atoms with Crippen molar-refractivity contribution in [1.29, 1.82) is 0 Å². The first-order valence-corrected chi connectivity index (χ1v) is 8.92. The Morgan fingerprint density at radius 1 is 1.33 bits per heavy atom. The van der Waals surface area contributed by atoms with Crippen molar-refractivity contribution < 1.29 is 9.53 Å². The number of guanidine groups is 1. The normalized spacial score (nSPS) is 11.3. The zero-order valence-corrected chi connectivity index (χ0v) is 16.4. The van der Waals surface area contributed by atoms with Crippen LogP contribution in [-0.2, 0) is 24.9 Å². The topological polar surface area (TPSA) is 107 Å². The van der Waals surface area contributed by atoms with Gasteiger partial charge >= 0.3 is 0 Å². The molecule has 8 nitrogen and oxygen atoms in total. The van der Waals surface area contributed by atoms with E-state index in [4.69, 9.17) is 10.5 Å². The van der Waals surface area contributed by atoms with Gasteiger partial charge in [0, 0.05) is 31.4 Å². The van der Waals surface area contributed by atoms with Crippen LogP contribution in [0.4, 0.5) is 0 Å². The Morgan fingerprint density at radius 2 is 2.11 bits per heavy atom. The molecular formula is C19H28N6O2. The lowest BCUT2D eigenvalue weighted by atomic mass is 10.2. The Balaban J connectivity index is 2.02. The summed E-state index contributed by atoms with van der Waals surface area (Å²) in [6, 6.07) is 7.46. The predicted octanol–water partition coefficient (Wildman–Crippen LogP) is 1.16. The molecule has 0 radical (unpaired) electrons. The summed E-state index contributed by atoms with van der Waals surface area (Å²) in [5.74, 6) is 0.822. The molecule has 27 heavy (non-hydrogen) atoms. The molecule has 1 amide bonds. The highest BCUT2D eigenvalue weighted by Crippen LogP contribution is 2.14. The van der Waals surface area contributed by atoms with E-state index in [1.165, 1.54) is 5.56 Å². The molecule has 146 valence electrons. The molecule has 1 heterocycles. The average molecular weight is 372 g/mol. The number of nitrogens with zero attached hydrogens (tertiary/aromatic N) is 3. The maximum absolute atomic E-state index is 10.8. The minimum Gasteiger partial charge on any atom is -0.484 e. The lowest BCUT2D eigenvalue weighted by Crippen LogP contribution is -2.37. The molecule has 0 aliphatic carbocycles. The van der Waals surface area contributed by atoms with Gasteiger partial charge in [0.2, 0.25) is 0 Å². The van der Waals surface area contributed by atoms with Gasteiger partial charge in [0.15, 0.2) is 12.6 Å². The number of nitrogens with two attached hydrogens (primary N) is 1. The van der Waals surface area contributed by atoms with Gasteiger partial charge in [0.25, 0.3) is 5.91 Å². The van der Waals surface area contributed by atoms with Crippen LogP contribution in [0.5, 0.6) is 5.75 Å². The Kier molecular flexibility index (Phi) is 7.22. The van der Waals surface area contributed by atoms with Gasteiger partial charge in [0.05, 0.1) is 12.2 Å². The minimum absolute atomic E-state index is 0.138. The maximum Gasteiger partial charge on any atom is 0.255 e. The molecule has 0 spiro atoms. The van der Waals surface area contributed by atoms with Crippen LogP contribution < -0.4 is 21.1 Å². The third-order valence-corrected chi connectivity index (χ3v) is 4.13. The molecule has 0 atom stereocenters. The van der Waals surface area contributed by atoms with Crippen molar-refractivity contribution in [3.05, 3.63) is 46.8 Å². The number of hydrogen-bond donors (Lipinski definition) is 3. The van der Waals surface area contributed by atoms with Crippen molar-refractivity contribution >= 4 is 11.9 Å². The number of carbonyl (C=O) groups is 1. The van der Waals surface area contributed by atoms with Gasteiger partial charge in [-0.25, -0.2) is 4.99 Å². The van der Waals surface area contributed by atoms with E-state index in [0.717, 1.165) is 29.5 Å². The monoisotopic (exact) mass is 372 g/mol. The summed E-state index contributed by atoms with van der Waals surface area (Å²) in [5, 5.41) is 11.0. The zero-order valence-electron chi connectivity index (χ0n) is 16.4. The van der Waals surface area contributed by atoms with Crippen LogP contribution in [0.3, 0.4) is 0 Å². The van der Waals surface area contributed by atoms with E-state index >= 15 is 0 Å². The lowest BCUT2D eigenvalue weighted by Gasteiger charge is -2.12. The summed E-state index contributed by atoms with van der Waals surface area (Å²) >= 11 is 0. The number of primary amides is 1. The zero-order chi connectivity index (χ0) is 19.8. The van der Waals surface area contributed by atoms with Crippen LogP contribution in [0.2, 0.25) is 0 Å². The second kappa shape index (κ2) is 9.61. The number of benzene rings is 1. The predicted molar refractivity (Wildman–Crippen MR) is 105 cm³/mol. The highest BCUT2D eigenvalue weighted by Gasteiger charge is 2.09. The molecule has 0 saturated heterocycles. The number of carbonyl (C=O) groups excluding carboxylic acids is 1. The van der Waals surface area contributed by atoms with E-state index in [0.29, 0.717) is 18.8 Å². The molecule has 0 aliphatic heterocycles. The third-order valence-electron chi connectivity index (χ3n) is 4.13. The van der Waals surface area contributed by atoms with Crippen LogP contribution in [0.25, 0.3) is 0 Å². The van der Waals surface area contributed by atoms with Crippen LogP contribution in [0.15, 0.2) is 29.3 Å². The van der Waals surface area contributed by atoms with Crippen molar-refractivity contribution in [3.8, 4) is 5.75 Å². The van der Waals surface area contributed by atoms with E-state index < -0.39 is 5.91 Å². The standard InChI is InChI=1S/C19H28N6O2/c1-5-21-19(23-11-17-13(2)24-25(4)14(17)3)22-10-15-7-6-8-16(9-15)27-12-18(20)26/h6-9H,5,10-12H2,1-4H3,(H2,20,26)(H2,21,22,23). The van der Waals surface area contributed by atoms with Crippen LogP contribution in [-0.4, -0.2) is 34.8 Å². The summed E-state index contributed by atoms with van der Waals surface area (Å²) in [5.41, 5.74) is 9.40. The molecule has 0 unspecified atom stereocenters. The number of nitrogens with one attached hydrogen (secondary N) is 2. The molecule has 0 fully saturated rings. The van der Waals surface area contributed by atoms with Crippen molar-refractivity contribution in [2.45, 2.75) is 33.9 Å². The Labute approximate surface area is 159 Å². The van der Waals surface area contributed by atoms with Gasteiger partial charge in [-0.2, -0.15) is 5.10 Å². The summed E-state index contributed by atoms with van der Waals surface area (Å²) in [6.45, 7) is 7.84. The van der Waals surface area contributed by atoms with Gasteiger partial charge in [-0.05, 0) is 38.5 Å². The van der Waals surface area contributed by atoms with E-state index in [-0.39, 0.29) is 6.61 Å². The number of amides is 1. The summed E-state index contributed by atoms with van der Waals surface area (Å²) < 4.78 is 7.22. The molecule has 1 aromatic heterocycles. The SMILES string of the molecule is CCNC(=NCc1cccc(OCC(N)=O)c1)NCc1c(C)nn(C)c1C. The van der Waals surface area contributed by atoms with Crippen LogP contribution >= 0.6 is 0 Å². The van der Waals surface area contributed by atoms with Crippen molar-refractivity contribution in [3.63, 3.8) is 0 Å². The summed E-state index contributed by atoms with van der Waals surface area (Å²) in [7, 11) is 1.94. The second-order valence-corrected chi connectivity index (χ2v) is 6.22. The highest BCUT2D eigenvalue weighted by atomic mass is 16.5. The van der Waals surface area contributed by atoms with Crippen LogP contribution in [0, 0.1) is 13.8 Å². The Morgan fingerprint density at radius 3 is 2.74 bits per heavy atom. The summed E-state index contributed by atoms with van der Waals surface area (Å²) in [6.07, 6.45) is 0. The highest BCUT2D eigenvalue weighted by molar-refractivity contribution is 5.79. The Hall–Kier alpha value is -3.03. The number of aromatic nitrogens is 2. The number of rotatable bonds is 8. The molecule has 0 aliphatic rings. The average Bonchev–Trinajstić information content (AvgIpc) is 2.88. The smallest absolute Gasteiger partial charge is 0.255 e. The first kappa shape index (κ1) is 20.3. The Bertz CT molecular complexity index is 813. The van der Waals surface area contributed by atoms with Gasteiger partial charge in [-0.3, -0.25) is 9.48 Å². The maximum atomic E-state index is 10.8. The van der Waals surface area contributed by atoms with Gasteiger partial charge in [-0.15, -0.1) is 0 Å². The summed E-state index contributed by atoms with van der Waals surface area (Å²) in [4.78, 5) is 15.5. The fourth-order valence-electron chi connectivity index (χ4n) is 2.65. The van der Waals surface area contributed by atoms with Gasteiger partial charge in [-0.1, -0.05) is 12.1 Å². The second-order valence-electron chi connectivity index (χ2n) is 6.22. The molecule has 2 aromatic rings. The number of ether oxygens (including phenoxy) is 1. The fraction of sp³-hybridized carbons (Fsp3) is 0.421. The number of aryl methyl sites for hydroxylation is 2. The minimum atomic E-state index is -0.502. The van der Waals surface area contributed by atoms with Crippen molar-refractivity contribution in [2.24, 2.45) is 17.8 Å². The molecule has 8 heteroatoms. The van der Waals surface area contributed by atoms with E-state index in [1.807, 2.05) is 43.8 Å². The fourth-order valence-corrected chi connectivity index (χ4v) is 2.65. The first-order chi connectivity index (χ1) is 12.9. The number of aliphatic imine (C=N–C) groups is 1. The molecule has 4 N–H and O–H groups in total. The van der Waals surface area contributed by atoms with E-state index in [9.17, 15) is 4.79 Å². The van der Waals surface area contributed by atoms with E-state index in [1.54, 1.807) is 6.07 Å². The molecular weight excluding hydrogens is 344 g/mol. The van der Waals surface area contributed by atoms with Crippen molar-refractivity contribution in [2.75, 3.05) is 13.2 Å². The van der Waals surface area contributed by atoms with Crippen molar-refractivity contribution in [1.82, 2.24) is 20.4 Å². The molecule has 1 aromatic carbocycles. The number of hydrogen-bond acceptors (Lipinski definition) is 4. The van der Waals surface area contributed by atoms with E-state index in [2.05, 4.69) is 27.6 Å². The quantitative estimate of drug-likeness (QED) is 0.476. The lowest BCUT2D eigenvalue weighted by molar-refractivity contribution is -0.119. The third kappa shape index (κ3) is 6.02. The van der Waals surface area contributed by atoms with Gasteiger partial charge < -0.3 is 21.1 Å².